The van der Waals surface area contributed by atoms with E-state index >= 15 is 0 Å². The van der Waals surface area contributed by atoms with Crippen LogP contribution < -0.4 is 4.74 Å². The SMILES string of the molecule is O=C1c2ccccc2C(=O)N1CCOc1ncnc2sccc12. The zero-order valence-corrected chi connectivity index (χ0v) is 12.7. The predicted molar refractivity (Wildman–Crippen MR) is 84.7 cm³/mol. The average molecular weight is 325 g/mol. The Kier molecular flexibility index (Phi) is 3.27. The summed E-state index contributed by atoms with van der Waals surface area (Å²) in [6, 6.07) is 8.71. The second kappa shape index (κ2) is 5.44. The van der Waals surface area contributed by atoms with Gasteiger partial charge in [-0.3, -0.25) is 14.5 Å². The van der Waals surface area contributed by atoms with Crippen LogP contribution in [0, 0.1) is 0 Å². The van der Waals surface area contributed by atoms with Gasteiger partial charge in [0.05, 0.1) is 23.1 Å². The zero-order chi connectivity index (χ0) is 15.8. The maximum absolute atomic E-state index is 12.2. The van der Waals surface area contributed by atoms with Gasteiger partial charge in [-0.2, -0.15) is 0 Å². The minimum absolute atomic E-state index is 0.183. The summed E-state index contributed by atoms with van der Waals surface area (Å²) in [5, 5.41) is 2.75. The number of thiophene rings is 1. The van der Waals surface area contributed by atoms with E-state index in [1.807, 2.05) is 11.4 Å². The van der Waals surface area contributed by atoms with Gasteiger partial charge in [-0.25, -0.2) is 9.97 Å². The smallest absolute Gasteiger partial charge is 0.261 e. The first kappa shape index (κ1) is 13.8. The number of nitrogens with zero attached hydrogens (tertiary/aromatic N) is 3. The molecule has 1 aromatic carbocycles. The highest BCUT2D eigenvalue weighted by Gasteiger charge is 2.34. The summed E-state index contributed by atoms with van der Waals surface area (Å²) in [4.78, 5) is 34.8. The van der Waals surface area contributed by atoms with Gasteiger partial charge in [0, 0.05) is 0 Å². The van der Waals surface area contributed by atoms with Gasteiger partial charge in [-0.15, -0.1) is 11.3 Å². The lowest BCUT2D eigenvalue weighted by atomic mass is 10.1. The van der Waals surface area contributed by atoms with Gasteiger partial charge >= 0.3 is 0 Å². The third-order valence-corrected chi connectivity index (χ3v) is 4.48. The highest BCUT2D eigenvalue weighted by Crippen LogP contribution is 2.26. The number of carbonyl (C=O) groups is 2. The Morgan fingerprint density at radius 3 is 2.52 bits per heavy atom. The molecule has 3 aromatic rings. The Morgan fingerprint density at radius 1 is 1.04 bits per heavy atom. The van der Waals surface area contributed by atoms with Crippen LogP contribution in [0.2, 0.25) is 0 Å². The van der Waals surface area contributed by atoms with Crippen molar-refractivity contribution in [2.24, 2.45) is 0 Å². The maximum Gasteiger partial charge on any atom is 0.261 e. The number of amides is 2. The minimum atomic E-state index is -0.280. The molecule has 0 fully saturated rings. The van der Waals surface area contributed by atoms with Crippen molar-refractivity contribution in [2.45, 2.75) is 0 Å². The molecule has 0 atom stereocenters. The van der Waals surface area contributed by atoms with E-state index in [4.69, 9.17) is 4.74 Å². The van der Waals surface area contributed by atoms with Crippen molar-refractivity contribution in [2.75, 3.05) is 13.2 Å². The van der Waals surface area contributed by atoms with Crippen molar-refractivity contribution < 1.29 is 14.3 Å². The monoisotopic (exact) mass is 325 g/mol. The minimum Gasteiger partial charge on any atom is -0.475 e. The van der Waals surface area contributed by atoms with E-state index in [9.17, 15) is 9.59 Å². The fourth-order valence-corrected chi connectivity index (χ4v) is 3.28. The van der Waals surface area contributed by atoms with E-state index in [-0.39, 0.29) is 25.0 Å². The molecular formula is C16H11N3O3S. The molecule has 1 aliphatic heterocycles. The van der Waals surface area contributed by atoms with Crippen LogP contribution >= 0.6 is 11.3 Å². The summed E-state index contributed by atoms with van der Waals surface area (Å²) in [5.41, 5.74) is 0.888. The summed E-state index contributed by atoms with van der Waals surface area (Å²) in [6.45, 7) is 0.370. The molecule has 2 amide bonds. The number of fused-ring (bicyclic) bond motifs is 2. The molecule has 7 heteroatoms. The molecule has 114 valence electrons. The van der Waals surface area contributed by atoms with Crippen LogP contribution in [0.4, 0.5) is 0 Å². The normalized spacial score (nSPS) is 13.7. The number of hydrogen-bond donors (Lipinski definition) is 0. The number of ether oxygens (including phenoxy) is 1. The van der Waals surface area contributed by atoms with Crippen LogP contribution in [0.5, 0.6) is 5.88 Å². The Bertz CT molecular complexity index is 887. The fourth-order valence-electron chi connectivity index (χ4n) is 2.56. The first-order chi connectivity index (χ1) is 11.3. The average Bonchev–Trinajstić information content (AvgIpc) is 3.15. The summed E-state index contributed by atoms with van der Waals surface area (Å²) in [6.07, 6.45) is 1.44. The lowest BCUT2D eigenvalue weighted by Gasteiger charge is -2.14. The topological polar surface area (TPSA) is 72.4 Å². The zero-order valence-electron chi connectivity index (χ0n) is 11.9. The summed E-state index contributed by atoms with van der Waals surface area (Å²) in [5.74, 6) is -0.0944. The molecule has 0 spiro atoms. The highest BCUT2D eigenvalue weighted by atomic mass is 32.1. The molecule has 6 nitrogen and oxygen atoms in total. The molecule has 4 rings (SSSR count). The van der Waals surface area contributed by atoms with E-state index in [2.05, 4.69) is 9.97 Å². The van der Waals surface area contributed by atoms with Crippen LogP contribution in [0.25, 0.3) is 10.2 Å². The van der Waals surface area contributed by atoms with Crippen molar-refractivity contribution in [3.63, 3.8) is 0 Å². The number of hydrogen-bond acceptors (Lipinski definition) is 6. The summed E-state index contributed by atoms with van der Waals surface area (Å²) in [7, 11) is 0. The highest BCUT2D eigenvalue weighted by molar-refractivity contribution is 7.16. The van der Waals surface area contributed by atoms with Crippen molar-refractivity contribution >= 4 is 33.4 Å². The molecule has 0 saturated carbocycles. The van der Waals surface area contributed by atoms with Crippen LogP contribution in [-0.2, 0) is 0 Å². The second-order valence-corrected chi connectivity index (χ2v) is 5.87. The van der Waals surface area contributed by atoms with Crippen molar-refractivity contribution in [3.8, 4) is 5.88 Å². The number of aromatic nitrogens is 2. The molecule has 3 heterocycles. The van der Waals surface area contributed by atoms with Gasteiger partial charge in [0.15, 0.2) is 0 Å². The first-order valence-corrected chi connectivity index (χ1v) is 7.90. The lowest BCUT2D eigenvalue weighted by molar-refractivity contribution is 0.0630. The number of benzene rings is 1. The van der Waals surface area contributed by atoms with E-state index < -0.39 is 0 Å². The van der Waals surface area contributed by atoms with E-state index in [0.717, 1.165) is 10.2 Å². The Morgan fingerprint density at radius 2 is 1.78 bits per heavy atom. The molecule has 0 saturated heterocycles. The second-order valence-electron chi connectivity index (χ2n) is 4.97. The van der Waals surface area contributed by atoms with Gasteiger partial charge in [0.2, 0.25) is 5.88 Å². The van der Waals surface area contributed by atoms with Gasteiger partial charge < -0.3 is 4.74 Å². The fraction of sp³-hybridized carbons (Fsp3) is 0.125. The third-order valence-electron chi connectivity index (χ3n) is 3.66. The van der Waals surface area contributed by atoms with Crippen LogP contribution in [0.3, 0.4) is 0 Å². The molecule has 0 aliphatic carbocycles. The molecule has 0 bridgehead atoms. The van der Waals surface area contributed by atoms with Gasteiger partial charge in [-0.05, 0) is 23.6 Å². The largest absolute Gasteiger partial charge is 0.475 e. The quantitative estimate of drug-likeness (QED) is 0.689. The Balaban J connectivity index is 1.47. The Labute approximate surface area is 135 Å². The van der Waals surface area contributed by atoms with Crippen molar-refractivity contribution in [1.82, 2.24) is 14.9 Å². The maximum atomic E-state index is 12.2. The van der Waals surface area contributed by atoms with Crippen LogP contribution in [0.1, 0.15) is 20.7 Å². The van der Waals surface area contributed by atoms with E-state index in [0.29, 0.717) is 17.0 Å². The summed E-state index contributed by atoms with van der Waals surface area (Å²) < 4.78 is 5.64. The third kappa shape index (κ3) is 2.25. The standard InChI is InChI=1S/C16H11N3O3S/c20-15-10-3-1-2-4-11(10)16(21)19(15)6-7-22-13-12-5-8-23-14(12)18-9-17-13/h1-5,8-9H,6-7H2. The summed E-state index contributed by atoms with van der Waals surface area (Å²) >= 11 is 1.50. The van der Waals surface area contributed by atoms with Crippen molar-refractivity contribution in [1.29, 1.82) is 0 Å². The number of rotatable bonds is 4. The van der Waals surface area contributed by atoms with E-state index in [1.54, 1.807) is 24.3 Å². The number of imide groups is 1. The van der Waals surface area contributed by atoms with Crippen LogP contribution in [0.15, 0.2) is 42.0 Å². The predicted octanol–water partition coefficient (Wildman–Crippen LogP) is 2.37. The number of carbonyl (C=O) groups excluding carboxylic acids is 2. The van der Waals surface area contributed by atoms with Gasteiger partial charge in [0.25, 0.3) is 11.8 Å². The molecule has 23 heavy (non-hydrogen) atoms. The molecule has 1 aliphatic rings. The van der Waals surface area contributed by atoms with Gasteiger partial charge in [0.1, 0.15) is 17.8 Å². The molecule has 0 N–H and O–H groups in total. The lowest BCUT2D eigenvalue weighted by Crippen LogP contribution is -2.33. The molecular weight excluding hydrogens is 314 g/mol. The first-order valence-electron chi connectivity index (χ1n) is 7.02. The molecule has 2 aromatic heterocycles. The molecule has 0 unspecified atom stereocenters. The van der Waals surface area contributed by atoms with Crippen LogP contribution in [-0.4, -0.2) is 39.8 Å². The van der Waals surface area contributed by atoms with Gasteiger partial charge in [-0.1, -0.05) is 12.1 Å². The molecule has 0 radical (unpaired) electrons. The van der Waals surface area contributed by atoms with E-state index in [1.165, 1.54) is 22.6 Å². The Hall–Kier alpha value is -2.80. The van der Waals surface area contributed by atoms with Crippen molar-refractivity contribution in [3.05, 3.63) is 53.2 Å².